The molecule has 0 aliphatic heterocycles. The number of fused-ring (bicyclic) bond motifs is 4. The van der Waals surface area contributed by atoms with Crippen molar-refractivity contribution in [2.24, 2.45) is 39.4 Å². The Balaban J connectivity index is 1.64. The zero-order chi connectivity index (χ0) is 24.4. The van der Waals surface area contributed by atoms with Crippen molar-refractivity contribution in [3.8, 4) is 0 Å². The number of ketones is 1. The third-order valence-corrected chi connectivity index (χ3v) is 12.0. The number of aliphatic hydroxyl groups excluding tert-OH is 2. The Morgan fingerprint density at radius 1 is 1.03 bits per heavy atom. The number of hydrogen-bond donors (Lipinski definition) is 2. The SMILES string of the molecule is CCC(O)CCC[C@@H](C)[C@H]1CC[C@@]2(C)C3=C(CC[C@]12C)[C@@]1(C)CC[C@H](O)C(C)(C)[C@@H]1CC3=O. The van der Waals surface area contributed by atoms with E-state index in [1.165, 1.54) is 30.4 Å². The molecule has 0 spiro atoms. The van der Waals surface area contributed by atoms with Crippen molar-refractivity contribution >= 4 is 5.78 Å². The standard InChI is InChI=1S/C30H50O3/c1-8-20(31)11-9-10-19(2)21-12-17-30(7)26-22(13-16-29(21,30)6)28(5)15-14-25(33)27(3,4)24(28)18-23(26)32/h19-21,24-25,31,33H,8-18H2,1-7H3/t19-,20?,21-,24+,25+,28-,29-,30+/m1/s1. The van der Waals surface area contributed by atoms with Crippen molar-refractivity contribution in [3.63, 3.8) is 0 Å². The van der Waals surface area contributed by atoms with Gasteiger partial charge in [-0.2, -0.15) is 0 Å². The van der Waals surface area contributed by atoms with Gasteiger partial charge in [0.2, 0.25) is 0 Å². The number of rotatable bonds is 6. The van der Waals surface area contributed by atoms with Crippen LogP contribution in [0.3, 0.4) is 0 Å². The second-order valence-electron chi connectivity index (χ2n) is 13.7. The molecule has 2 fully saturated rings. The second-order valence-corrected chi connectivity index (χ2v) is 13.7. The summed E-state index contributed by atoms with van der Waals surface area (Å²) in [6, 6.07) is 0. The molecule has 0 heterocycles. The third-order valence-electron chi connectivity index (χ3n) is 12.0. The molecule has 0 bridgehead atoms. The van der Waals surface area contributed by atoms with E-state index in [1.54, 1.807) is 0 Å². The monoisotopic (exact) mass is 458 g/mol. The zero-order valence-electron chi connectivity index (χ0n) is 22.5. The molecule has 0 radical (unpaired) electrons. The van der Waals surface area contributed by atoms with Gasteiger partial charge in [0, 0.05) is 17.4 Å². The van der Waals surface area contributed by atoms with Crippen LogP contribution in [0.15, 0.2) is 11.1 Å². The van der Waals surface area contributed by atoms with Crippen LogP contribution in [0.5, 0.6) is 0 Å². The first-order valence-electron chi connectivity index (χ1n) is 14.0. The van der Waals surface area contributed by atoms with Crippen LogP contribution in [-0.4, -0.2) is 28.2 Å². The van der Waals surface area contributed by atoms with E-state index in [2.05, 4.69) is 48.5 Å². The summed E-state index contributed by atoms with van der Waals surface area (Å²) in [7, 11) is 0. The summed E-state index contributed by atoms with van der Waals surface area (Å²) in [6.07, 6.45) is 10.7. The molecule has 2 saturated carbocycles. The minimum Gasteiger partial charge on any atom is -0.393 e. The first-order chi connectivity index (χ1) is 15.3. The Hall–Kier alpha value is -0.670. The smallest absolute Gasteiger partial charge is 0.159 e. The van der Waals surface area contributed by atoms with Gasteiger partial charge < -0.3 is 10.2 Å². The molecule has 0 saturated heterocycles. The lowest BCUT2D eigenvalue weighted by molar-refractivity contribution is -0.134. The Morgan fingerprint density at radius 3 is 2.39 bits per heavy atom. The summed E-state index contributed by atoms with van der Waals surface area (Å²) in [5.41, 5.74) is 2.70. The van der Waals surface area contributed by atoms with Crippen molar-refractivity contribution in [1.29, 1.82) is 0 Å². The number of allylic oxidation sites excluding steroid dienone is 2. The van der Waals surface area contributed by atoms with Gasteiger partial charge in [-0.25, -0.2) is 0 Å². The number of Topliss-reactive ketones (excluding diaryl/α,β-unsaturated/α-hetero) is 1. The van der Waals surface area contributed by atoms with Crippen LogP contribution in [-0.2, 0) is 4.79 Å². The Morgan fingerprint density at radius 2 is 1.73 bits per heavy atom. The van der Waals surface area contributed by atoms with E-state index in [4.69, 9.17) is 0 Å². The summed E-state index contributed by atoms with van der Waals surface area (Å²) in [4.78, 5) is 13.9. The number of carbonyl (C=O) groups is 1. The van der Waals surface area contributed by atoms with Gasteiger partial charge in [-0.05, 0) is 85.4 Å². The largest absolute Gasteiger partial charge is 0.393 e. The molecule has 4 aliphatic carbocycles. The van der Waals surface area contributed by atoms with Crippen LogP contribution in [0.1, 0.15) is 119 Å². The number of aliphatic hydroxyl groups is 2. The quantitative estimate of drug-likeness (QED) is 0.457. The molecule has 8 atom stereocenters. The van der Waals surface area contributed by atoms with E-state index in [1.807, 2.05) is 0 Å². The predicted molar refractivity (Wildman–Crippen MR) is 135 cm³/mol. The molecule has 33 heavy (non-hydrogen) atoms. The van der Waals surface area contributed by atoms with Gasteiger partial charge in [0.1, 0.15) is 0 Å². The van der Waals surface area contributed by atoms with Crippen molar-refractivity contribution in [2.45, 2.75) is 131 Å². The van der Waals surface area contributed by atoms with Crippen LogP contribution >= 0.6 is 0 Å². The Kier molecular flexibility index (Phi) is 6.53. The Bertz CT molecular complexity index is 811. The zero-order valence-corrected chi connectivity index (χ0v) is 22.5. The molecule has 0 aromatic heterocycles. The highest BCUT2D eigenvalue weighted by molar-refractivity contribution is 5.99. The molecule has 0 aromatic carbocycles. The van der Waals surface area contributed by atoms with Crippen molar-refractivity contribution in [1.82, 2.24) is 0 Å². The van der Waals surface area contributed by atoms with Crippen LogP contribution in [0.25, 0.3) is 0 Å². The summed E-state index contributed by atoms with van der Waals surface area (Å²) < 4.78 is 0. The van der Waals surface area contributed by atoms with E-state index >= 15 is 0 Å². The lowest BCUT2D eigenvalue weighted by Crippen LogP contribution is -2.57. The average molecular weight is 459 g/mol. The van der Waals surface area contributed by atoms with Crippen molar-refractivity contribution in [2.75, 3.05) is 0 Å². The third kappa shape index (κ3) is 3.62. The predicted octanol–water partition coefficient (Wildman–Crippen LogP) is 6.85. The number of carbonyl (C=O) groups excluding carboxylic acids is 1. The highest BCUT2D eigenvalue weighted by Gasteiger charge is 2.65. The van der Waals surface area contributed by atoms with Gasteiger partial charge in [-0.3, -0.25) is 4.79 Å². The van der Waals surface area contributed by atoms with E-state index in [0.717, 1.165) is 44.9 Å². The van der Waals surface area contributed by atoms with E-state index in [9.17, 15) is 15.0 Å². The fourth-order valence-corrected chi connectivity index (χ4v) is 9.39. The van der Waals surface area contributed by atoms with E-state index in [-0.39, 0.29) is 39.8 Å². The lowest BCUT2D eigenvalue weighted by Gasteiger charge is -2.61. The summed E-state index contributed by atoms with van der Waals surface area (Å²) >= 11 is 0. The minimum atomic E-state index is -0.307. The highest BCUT2D eigenvalue weighted by atomic mass is 16.3. The molecular weight excluding hydrogens is 408 g/mol. The van der Waals surface area contributed by atoms with Gasteiger partial charge in [-0.1, -0.05) is 66.9 Å². The molecule has 0 amide bonds. The van der Waals surface area contributed by atoms with Crippen LogP contribution in [0.4, 0.5) is 0 Å². The maximum absolute atomic E-state index is 13.9. The molecule has 4 aliphatic rings. The molecule has 0 aromatic rings. The fraction of sp³-hybridized carbons (Fsp3) is 0.900. The number of hydrogen-bond acceptors (Lipinski definition) is 3. The summed E-state index contributed by atoms with van der Waals surface area (Å²) in [6.45, 7) is 16.2. The van der Waals surface area contributed by atoms with Gasteiger partial charge >= 0.3 is 0 Å². The molecule has 1 unspecified atom stereocenters. The molecule has 188 valence electrons. The maximum atomic E-state index is 13.9. The molecular formula is C30H50O3. The van der Waals surface area contributed by atoms with Crippen LogP contribution < -0.4 is 0 Å². The lowest BCUT2D eigenvalue weighted by atomic mass is 9.43. The topological polar surface area (TPSA) is 57.5 Å². The fourth-order valence-electron chi connectivity index (χ4n) is 9.39. The van der Waals surface area contributed by atoms with Gasteiger partial charge in [0.25, 0.3) is 0 Å². The Labute approximate surface area is 202 Å². The normalized spacial score (nSPS) is 44.2. The summed E-state index contributed by atoms with van der Waals surface area (Å²) in [5, 5.41) is 20.8. The van der Waals surface area contributed by atoms with Crippen molar-refractivity contribution in [3.05, 3.63) is 11.1 Å². The van der Waals surface area contributed by atoms with E-state index in [0.29, 0.717) is 24.0 Å². The van der Waals surface area contributed by atoms with Crippen LogP contribution in [0, 0.1) is 39.4 Å². The van der Waals surface area contributed by atoms with Gasteiger partial charge in [0.05, 0.1) is 12.2 Å². The summed E-state index contributed by atoms with van der Waals surface area (Å²) in [5.74, 6) is 1.92. The first kappa shape index (κ1) is 25.4. The van der Waals surface area contributed by atoms with Gasteiger partial charge in [0.15, 0.2) is 5.78 Å². The maximum Gasteiger partial charge on any atom is 0.159 e. The van der Waals surface area contributed by atoms with Crippen molar-refractivity contribution < 1.29 is 15.0 Å². The average Bonchev–Trinajstić information content (AvgIpc) is 3.04. The highest BCUT2D eigenvalue weighted by Crippen LogP contribution is 2.71. The molecule has 2 N–H and O–H groups in total. The molecule has 3 nitrogen and oxygen atoms in total. The molecule has 4 rings (SSSR count). The minimum absolute atomic E-state index is 0.0201. The first-order valence-corrected chi connectivity index (χ1v) is 14.0. The second kappa shape index (κ2) is 8.47. The van der Waals surface area contributed by atoms with E-state index < -0.39 is 0 Å². The van der Waals surface area contributed by atoms with Crippen LogP contribution in [0.2, 0.25) is 0 Å². The van der Waals surface area contributed by atoms with Gasteiger partial charge in [-0.15, -0.1) is 0 Å². The molecule has 3 heteroatoms.